The lowest BCUT2D eigenvalue weighted by atomic mass is 10.2. The van der Waals surface area contributed by atoms with Gasteiger partial charge < -0.3 is 19.7 Å². The molecule has 1 N–H and O–H groups in total. The fourth-order valence-electron chi connectivity index (χ4n) is 1.99. The number of nitrogens with zero attached hydrogens (tertiary/aromatic N) is 3. The predicted octanol–water partition coefficient (Wildman–Crippen LogP) is 2.89. The first-order chi connectivity index (χ1) is 11.9. The number of methoxy groups -OCH3 is 2. The average molecular weight is 352 g/mol. The van der Waals surface area contributed by atoms with Crippen molar-refractivity contribution in [2.45, 2.75) is 0 Å². The van der Waals surface area contributed by atoms with E-state index < -0.39 is 17.3 Å². The van der Waals surface area contributed by atoms with Crippen LogP contribution in [0.2, 0.25) is 0 Å². The zero-order valence-corrected chi connectivity index (χ0v) is 14.6. The molecule has 0 aliphatic rings. The van der Waals surface area contributed by atoms with Crippen LogP contribution in [-0.4, -0.2) is 51.8 Å². The summed E-state index contributed by atoms with van der Waals surface area (Å²) < 4.78 is 38.8. The van der Waals surface area contributed by atoms with Crippen LogP contribution in [0.4, 0.5) is 14.5 Å². The number of hydrogen-bond acceptors (Lipinski definition) is 5. The third kappa shape index (κ3) is 4.63. The summed E-state index contributed by atoms with van der Waals surface area (Å²) in [7, 11) is 4.29. The van der Waals surface area contributed by atoms with Crippen LogP contribution in [0, 0.1) is 11.6 Å². The Morgan fingerprint density at radius 2 is 1.84 bits per heavy atom. The van der Waals surface area contributed by atoms with E-state index in [1.807, 2.05) is 0 Å². The van der Waals surface area contributed by atoms with Gasteiger partial charge >= 0.3 is 0 Å². The number of hydrogen-bond donors (Lipinski definition) is 1. The molecule has 136 valence electrons. The van der Waals surface area contributed by atoms with E-state index in [1.165, 1.54) is 25.2 Å². The molecule has 0 aromatic heterocycles. The minimum atomic E-state index is -0.953. The van der Waals surface area contributed by atoms with Crippen LogP contribution >= 0.6 is 0 Å². The first kappa shape index (κ1) is 20.3. The van der Waals surface area contributed by atoms with E-state index in [4.69, 9.17) is 9.47 Å². The van der Waals surface area contributed by atoms with Crippen LogP contribution in [0.5, 0.6) is 11.5 Å². The maximum Gasteiger partial charge on any atom is 0.193 e. The lowest BCUT2D eigenvalue weighted by Gasteiger charge is -2.24. The van der Waals surface area contributed by atoms with Crippen molar-refractivity contribution in [1.82, 2.24) is 10.2 Å². The van der Waals surface area contributed by atoms with Crippen molar-refractivity contribution >= 4 is 18.2 Å². The Morgan fingerprint density at radius 1 is 1.28 bits per heavy atom. The van der Waals surface area contributed by atoms with Gasteiger partial charge in [-0.2, -0.15) is 0 Å². The van der Waals surface area contributed by atoms with Crippen molar-refractivity contribution in [3.05, 3.63) is 42.8 Å². The smallest absolute Gasteiger partial charge is 0.193 e. The molecule has 0 radical (unpaired) electrons. The van der Waals surface area contributed by atoms with Gasteiger partial charge in [0.15, 0.2) is 23.1 Å². The van der Waals surface area contributed by atoms with Gasteiger partial charge in [-0.15, -0.1) is 0 Å². The molecule has 6 nitrogen and oxygen atoms in total. The molecule has 0 aliphatic carbocycles. The zero-order valence-electron chi connectivity index (χ0n) is 14.6. The second-order valence-corrected chi connectivity index (χ2v) is 4.76. The molecule has 0 heterocycles. The highest BCUT2D eigenvalue weighted by atomic mass is 19.1. The van der Waals surface area contributed by atoms with Crippen LogP contribution in [0.25, 0.3) is 0 Å². The van der Waals surface area contributed by atoms with E-state index >= 15 is 0 Å². The number of halogens is 2. The molecule has 0 amide bonds. The van der Waals surface area contributed by atoms with Gasteiger partial charge in [0.25, 0.3) is 0 Å². The summed E-state index contributed by atoms with van der Waals surface area (Å²) in [5, 5.41) is 2.96. The van der Waals surface area contributed by atoms with Gasteiger partial charge in [0.05, 0.1) is 14.2 Å². The Morgan fingerprint density at radius 3 is 2.24 bits per heavy atom. The molecular formula is C17H22F2N4O2. The van der Waals surface area contributed by atoms with Crippen LogP contribution in [0.3, 0.4) is 0 Å². The minimum Gasteiger partial charge on any atom is -0.493 e. The summed E-state index contributed by atoms with van der Waals surface area (Å²) in [4.78, 5) is 9.34. The quantitative estimate of drug-likeness (QED) is 0.548. The Kier molecular flexibility index (Phi) is 7.74. The Hall–Kier alpha value is -2.74. The second-order valence-electron chi connectivity index (χ2n) is 4.76. The van der Waals surface area contributed by atoms with Crippen molar-refractivity contribution in [1.29, 1.82) is 0 Å². The van der Waals surface area contributed by atoms with Gasteiger partial charge in [-0.05, 0) is 19.8 Å². The monoisotopic (exact) mass is 352 g/mol. The number of benzene rings is 1. The van der Waals surface area contributed by atoms with Crippen molar-refractivity contribution in [2.75, 3.05) is 34.4 Å². The van der Waals surface area contributed by atoms with Crippen molar-refractivity contribution < 1.29 is 18.3 Å². The number of amidine groups is 1. The van der Waals surface area contributed by atoms with Gasteiger partial charge in [0, 0.05) is 19.2 Å². The van der Waals surface area contributed by atoms with Crippen LogP contribution in [-0.2, 0) is 0 Å². The van der Waals surface area contributed by atoms with Gasteiger partial charge in [0.1, 0.15) is 17.3 Å². The van der Waals surface area contributed by atoms with Crippen LogP contribution < -0.4 is 14.8 Å². The maximum atomic E-state index is 14.5. The summed E-state index contributed by atoms with van der Waals surface area (Å²) in [6.45, 7) is 11.8. The molecule has 1 aromatic rings. The standard InChI is InChI=1S/C17H22F2N4O2/c1-7-14(23(9-8-20-3)11(2)21-4)22-17-15(18)12(24-5)10-13(25-6)16(17)19/h7,10,20H,1-2,4,8-9H2,3,5-6H3/b22-14+. The first-order valence-corrected chi connectivity index (χ1v) is 7.33. The fraction of sp³-hybridized carbons (Fsp3) is 0.294. The predicted molar refractivity (Wildman–Crippen MR) is 96.1 cm³/mol. The van der Waals surface area contributed by atoms with Crippen LogP contribution in [0.1, 0.15) is 0 Å². The lowest BCUT2D eigenvalue weighted by Crippen LogP contribution is -2.33. The molecule has 0 saturated heterocycles. The minimum absolute atomic E-state index is 0.153. The summed E-state index contributed by atoms with van der Waals surface area (Å²) in [5.41, 5.74) is -0.558. The summed E-state index contributed by atoms with van der Waals surface area (Å²) in [6.07, 6.45) is 1.34. The molecule has 0 fully saturated rings. The Labute approximate surface area is 146 Å². The molecular weight excluding hydrogens is 330 g/mol. The molecule has 0 aliphatic heterocycles. The zero-order chi connectivity index (χ0) is 19.0. The topological polar surface area (TPSA) is 58.5 Å². The third-order valence-electron chi connectivity index (χ3n) is 3.32. The van der Waals surface area contributed by atoms with E-state index in [9.17, 15) is 8.78 Å². The van der Waals surface area contributed by atoms with E-state index in [2.05, 4.69) is 35.2 Å². The molecule has 1 rings (SSSR count). The SMILES string of the molecule is C=C/C(=N\c1c(F)c(OC)cc(OC)c1F)N(CCNC)C(=C)N=C. The normalized spacial score (nSPS) is 11.0. The van der Waals surface area contributed by atoms with Gasteiger partial charge in [-0.1, -0.05) is 13.2 Å². The molecule has 8 heteroatoms. The maximum absolute atomic E-state index is 14.5. The van der Waals surface area contributed by atoms with Crippen molar-refractivity contribution in [2.24, 2.45) is 9.98 Å². The molecule has 0 unspecified atom stereocenters. The van der Waals surface area contributed by atoms with Crippen molar-refractivity contribution in [3.63, 3.8) is 0 Å². The van der Waals surface area contributed by atoms with Gasteiger partial charge in [-0.3, -0.25) is 0 Å². The highest BCUT2D eigenvalue weighted by Crippen LogP contribution is 2.37. The average Bonchev–Trinajstić information content (AvgIpc) is 2.63. The number of rotatable bonds is 9. The van der Waals surface area contributed by atoms with Gasteiger partial charge in [-0.25, -0.2) is 18.8 Å². The highest BCUT2D eigenvalue weighted by molar-refractivity contribution is 5.95. The van der Waals surface area contributed by atoms with Crippen LogP contribution in [0.15, 0.2) is 41.1 Å². The summed E-state index contributed by atoms with van der Waals surface area (Å²) in [6, 6.07) is 1.11. The lowest BCUT2D eigenvalue weighted by molar-refractivity contribution is 0.359. The molecule has 0 bridgehead atoms. The summed E-state index contributed by atoms with van der Waals surface area (Å²) in [5.74, 6) is -1.87. The van der Waals surface area contributed by atoms with Crippen molar-refractivity contribution in [3.8, 4) is 11.5 Å². The van der Waals surface area contributed by atoms with E-state index in [1.54, 1.807) is 7.05 Å². The molecule has 0 atom stereocenters. The van der Waals surface area contributed by atoms with E-state index in [0.717, 1.165) is 6.07 Å². The number of nitrogens with one attached hydrogen (secondary N) is 1. The Bertz CT molecular complexity index is 661. The first-order valence-electron chi connectivity index (χ1n) is 7.33. The molecule has 1 aromatic carbocycles. The third-order valence-corrected chi connectivity index (χ3v) is 3.32. The molecule has 25 heavy (non-hydrogen) atoms. The number of ether oxygens (including phenoxy) is 2. The number of likely N-dealkylation sites (N-methyl/N-ethyl adjacent to an activating group) is 1. The van der Waals surface area contributed by atoms with E-state index in [0.29, 0.717) is 13.1 Å². The molecule has 0 spiro atoms. The summed E-state index contributed by atoms with van der Waals surface area (Å²) >= 11 is 0. The largest absolute Gasteiger partial charge is 0.493 e. The Balaban J connectivity index is 3.52. The number of aliphatic imine (C=N–C) groups is 2. The fourth-order valence-corrected chi connectivity index (χ4v) is 1.99. The second kappa shape index (κ2) is 9.53. The molecule has 0 saturated carbocycles. The van der Waals surface area contributed by atoms with Gasteiger partial charge in [0.2, 0.25) is 0 Å². The van der Waals surface area contributed by atoms with E-state index in [-0.39, 0.29) is 23.2 Å². The highest BCUT2D eigenvalue weighted by Gasteiger charge is 2.21.